The predicted molar refractivity (Wildman–Crippen MR) is 119 cm³/mol. The van der Waals surface area contributed by atoms with Crippen LogP contribution in [0.5, 0.6) is 0 Å². The second-order valence-corrected chi connectivity index (χ2v) is 9.00. The minimum atomic E-state index is -2.92. The van der Waals surface area contributed by atoms with Crippen molar-refractivity contribution in [3.05, 3.63) is 29.8 Å². The molecular weight excluding hydrogens is 479 g/mol. The largest absolute Gasteiger partial charge is 0.356 e. The third-order valence-corrected chi connectivity index (χ3v) is 6.61. The maximum atomic E-state index is 12.5. The summed E-state index contributed by atoms with van der Waals surface area (Å²) in [5, 5.41) is 6.30. The van der Waals surface area contributed by atoms with Crippen molar-refractivity contribution < 1.29 is 13.2 Å². The summed E-state index contributed by atoms with van der Waals surface area (Å²) in [6.07, 6.45) is 2.69. The van der Waals surface area contributed by atoms with Crippen molar-refractivity contribution in [3.8, 4) is 0 Å². The number of para-hydroxylation sites is 1. The van der Waals surface area contributed by atoms with Crippen LogP contribution in [0.15, 0.2) is 29.3 Å². The van der Waals surface area contributed by atoms with Gasteiger partial charge in [-0.3, -0.25) is 9.79 Å². The maximum Gasteiger partial charge on any atom is 0.227 e. The molecule has 0 aromatic heterocycles. The molecule has 1 aromatic rings. The van der Waals surface area contributed by atoms with E-state index in [-0.39, 0.29) is 47.4 Å². The van der Waals surface area contributed by atoms with Gasteiger partial charge < -0.3 is 15.5 Å². The highest BCUT2D eigenvalue weighted by Gasteiger charge is 2.28. The monoisotopic (exact) mass is 506 g/mol. The summed E-state index contributed by atoms with van der Waals surface area (Å²) < 4.78 is 23.0. The number of amides is 1. The van der Waals surface area contributed by atoms with Gasteiger partial charge in [0.25, 0.3) is 0 Å². The average Bonchev–Trinajstić information content (AvgIpc) is 3.20. The number of carbonyl (C=O) groups is 1. The highest BCUT2D eigenvalue weighted by atomic mass is 127. The highest BCUT2D eigenvalue weighted by molar-refractivity contribution is 14.0. The minimum Gasteiger partial charge on any atom is -0.356 e. The lowest BCUT2D eigenvalue weighted by molar-refractivity contribution is -0.118. The number of rotatable bonds is 5. The van der Waals surface area contributed by atoms with Crippen LogP contribution in [0.1, 0.15) is 24.8 Å². The van der Waals surface area contributed by atoms with E-state index in [1.807, 2.05) is 23.1 Å². The maximum absolute atomic E-state index is 12.5. The van der Waals surface area contributed by atoms with Crippen LogP contribution in [0.4, 0.5) is 5.69 Å². The molecule has 0 bridgehead atoms. The van der Waals surface area contributed by atoms with Gasteiger partial charge >= 0.3 is 0 Å². The summed E-state index contributed by atoms with van der Waals surface area (Å²) in [5.41, 5.74) is 2.26. The lowest BCUT2D eigenvalue weighted by Crippen LogP contribution is -2.44. The molecule has 0 radical (unpaired) electrons. The van der Waals surface area contributed by atoms with Crippen molar-refractivity contribution >= 4 is 51.4 Å². The zero-order chi connectivity index (χ0) is 18.6. The Morgan fingerprint density at radius 2 is 2.11 bits per heavy atom. The first kappa shape index (κ1) is 21.9. The van der Waals surface area contributed by atoms with E-state index in [4.69, 9.17) is 0 Å². The number of hydrogen-bond acceptors (Lipinski definition) is 4. The van der Waals surface area contributed by atoms with Gasteiger partial charge in [-0.2, -0.15) is 0 Å². The van der Waals surface area contributed by atoms with Gasteiger partial charge in [0.05, 0.1) is 11.5 Å². The molecule has 0 aliphatic carbocycles. The molecule has 2 N–H and O–H groups in total. The molecule has 2 aliphatic rings. The lowest BCUT2D eigenvalue weighted by atomic mass is 10.2. The number of nitrogens with one attached hydrogen (secondary N) is 2. The number of hydrogen-bond donors (Lipinski definition) is 2. The van der Waals surface area contributed by atoms with E-state index < -0.39 is 9.84 Å². The van der Waals surface area contributed by atoms with E-state index in [0.717, 1.165) is 18.7 Å². The molecule has 150 valence electrons. The summed E-state index contributed by atoms with van der Waals surface area (Å²) in [7, 11) is -1.26. The van der Waals surface area contributed by atoms with Gasteiger partial charge in [-0.25, -0.2) is 8.42 Å². The SMILES string of the molecule is CN=C(NCCCC(=O)N1CCc2ccccc21)NC1CCS(=O)(=O)C1.I. The molecule has 1 fully saturated rings. The Bertz CT molecular complexity index is 798. The number of nitrogens with zero attached hydrogens (tertiary/aromatic N) is 2. The van der Waals surface area contributed by atoms with Crippen LogP contribution in [0.25, 0.3) is 0 Å². The van der Waals surface area contributed by atoms with Crippen molar-refractivity contribution in [2.75, 3.05) is 36.5 Å². The van der Waals surface area contributed by atoms with Crippen molar-refractivity contribution in [1.82, 2.24) is 10.6 Å². The van der Waals surface area contributed by atoms with Crippen LogP contribution < -0.4 is 15.5 Å². The van der Waals surface area contributed by atoms with Crippen LogP contribution in [0, 0.1) is 0 Å². The number of carbonyl (C=O) groups excluding carboxylic acids is 1. The zero-order valence-corrected chi connectivity index (χ0v) is 18.6. The van der Waals surface area contributed by atoms with Gasteiger partial charge in [0.15, 0.2) is 15.8 Å². The number of sulfone groups is 1. The van der Waals surface area contributed by atoms with Crippen LogP contribution in [-0.2, 0) is 21.1 Å². The Kier molecular flexibility index (Phi) is 7.90. The Balaban J connectivity index is 0.00000261. The fraction of sp³-hybridized carbons (Fsp3) is 0.556. The van der Waals surface area contributed by atoms with E-state index in [0.29, 0.717) is 31.8 Å². The van der Waals surface area contributed by atoms with E-state index in [1.54, 1.807) is 7.05 Å². The van der Waals surface area contributed by atoms with Crippen molar-refractivity contribution in [1.29, 1.82) is 0 Å². The Hall–Kier alpha value is -1.36. The summed E-state index contributed by atoms with van der Waals surface area (Å²) in [6, 6.07) is 7.95. The average molecular weight is 506 g/mol. The molecule has 27 heavy (non-hydrogen) atoms. The Morgan fingerprint density at radius 1 is 1.33 bits per heavy atom. The van der Waals surface area contributed by atoms with Gasteiger partial charge in [-0.1, -0.05) is 18.2 Å². The normalized spacial score (nSPS) is 20.7. The van der Waals surface area contributed by atoms with Gasteiger partial charge in [-0.15, -0.1) is 24.0 Å². The molecule has 0 saturated carbocycles. The molecule has 1 atom stereocenters. The van der Waals surface area contributed by atoms with E-state index in [1.165, 1.54) is 5.56 Å². The minimum absolute atomic E-state index is 0. The van der Waals surface area contributed by atoms with Crippen molar-refractivity contribution in [3.63, 3.8) is 0 Å². The predicted octanol–water partition coefficient (Wildman–Crippen LogP) is 1.33. The van der Waals surface area contributed by atoms with Crippen LogP contribution in [0.3, 0.4) is 0 Å². The van der Waals surface area contributed by atoms with Gasteiger partial charge in [0.2, 0.25) is 5.91 Å². The molecule has 2 aliphatic heterocycles. The molecule has 9 heteroatoms. The van der Waals surface area contributed by atoms with Crippen LogP contribution in [-0.4, -0.2) is 58.0 Å². The molecule has 3 rings (SSSR count). The molecule has 7 nitrogen and oxygen atoms in total. The number of halogens is 1. The molecule has 2 heterocycles. The van der Waals surface area contributed by atoms with E-state index >= 15 is 0 Å². The molecular formula is C18H27IN4O3S. The topological polar surface area (TPSA) is 90.9 Å². The number of aliphatic imine (C=N–C) groups is 1. The van der Waals surface area contributed by atoms with Crippen LogP contribution in [0.2, 0.25) is 0 Å². The quantitative estimate of drug-likeness (QED) is 0.272. The second kappa shape index (κ2) is 9.72. The number of guanidine groups is 1. The first-order chi connectivity index (χ1) is 12.5. The fourth-order valence-electron chi connectivity index (χ4n) is 3.48. The molecule has 1 aromatic carbocycles. The standard InChI is InChI=1S/C18H26N4O3S.HI/c1-19-18(21-15-9-12-26(24,25)13-15)20-10-4-7-17(23)22-11-8-14-5-2-3-6-16(14)22;/h2-3,5-6,15H,4,7-13H2,1H3,(H2,19,20,21);1H. The lowest BCUT2D eigenvalue weighted by Gasteiger charge is -2.18. The first-order valence-electron chi connectivity index (χ1n) is 9.04. The van der Waals surface area contributed by atoms with Crippen LogP contribution >= 0.6 is 24.0 Å². The van der Waals surface area contributed by atoms with Gasteiger partial charge in [-0.05, 0) is 30.9 Å². The van der Waals surface area contributed by atoms with Crippen molar-refractivity contribution in [2.45, 2.75) is 31.7 Å². The summed E-state index contributed by atoms with van der Waals surface area (Å²) >= 11 is 0. The summed E-state index contributed by atoms with van der Waals surface area (Å²) in [5.74, 6) is 1.11. The molecule has 1 saturated heterocycles. The fourth-order valence-corrected chi connectivity index (χ4v) is 5.15. The Labute approximate surface area is 177 Å². The van der Waals surface area contributed by atoms with Gasteiger partial charge in [0, 0.05) is 38.3 Å². The van der Waals surface area contributed by atoms with Crippen molar-refractivity contribution in [2.24, 2.45) is 4.99 Å². The van der Waals surface area contributed by atoms with E-state index in [2.05, 4.69) is 21.7 Å². The third kappa shape index (κ3) is 5.81. The highest BCUT2D eigenvalue weighted by Crippen LogP contribution is 2.27. The third-order valence-electron chi connectivity index (χ3n) is 4.84. The molecule has 0 spiro atoms. The van der Waals surface area contributed by atoms with E-state index in [9.17, 15) is 13.2 Å². The Morgan fingerprint density at radius 3 is 2.81 bits per heavy atom. The first-order valence-corrected chi connectivity index (χ1v) is 10.9. The number of anilines is 1. The van der Waals surface area contributed by atoms with Gasteiger partial charge in [0.1, 0.15) is 0 Å². The number of benzene rings is 1. The summed E-state index contributed by atoms with van der Waals surface area (Å²) in [4.78, 5) is 18.5. The number of fused-ring (bicyclic) bond motifs is 1. The zero-order valence-electron chi connectivity index (χ0n) is 15.5. The molecule has 1 unspecified atom stereocenters. The molecule has 1 amide bonds. The smallest absolute Gasteiger partial charge is 0.227 e. The second-order valence-electron chi connectivity index (χ2n) is 6.77. The summed E-state index contributed by atoms with van der Waals surface area (Å²) in [6.45, 7) is 1.37.